The molecule has 0 atom stereocenters. The van der Waals surface area contributed by atoms with Gasteiger partial charge in [-0.25, -0.2) is 13.4 Å². The third kappa shape index (κ3) is 3.93. The molecule has 1 aliphatic rings. The van der Waals surface area contributed by atoms with Gasteiger partial charge in [-0.1, -0.05) is 6.07 Å². The molecule has 2 aromatic rings. The number of hydrogen-bond acceptors (Lipinski definition) is 4. The van der Waals surface area contributed by atoms with Crippen LogP contribution in [0.15, 0.2) is 47.5 Å². The molecule has 25 heavy (non-hydrogen) atoms. The lowest BCUT2D eigenvalue weighted by Gasteiger charge is -2.15. The van der Waals surface area contributed by atoms with Crippen LogP contribution in [0.25, 0.3) is 0 Å². The molecule has 1 saturated heterocycles. The summed E-state index contributed by atoms with van der Waals surface area (Å²) in [5.41, 5.74) is -0.553. The largest absolute Gasteiger partial charge is 0.416 e. The van der Waals surface area contributed by atoms with Gasteiger partial charge in [0.1, 0.15) is 10.7 Å². The van der Waals surface area contributed by atoms with E-state index < -0.39 is 21.8 Å². The van der Waals surface area contributed by atoms with Crippen LogP contribution in [-0.2, 0) is 16.2 Å². The van der Waals surface area contributed by atoms with Crippen molar-refractivity contribution in [3.63, 3.8) is 0 Å². The number of halogens is 3. The lowest BCUT2D eigenvalue weighted by atomic mass is 10.2. The van der Waals surface area contributed by atoms with E-state index in [9.17, 15) is 21.6 Å². The summed E-state index contributed by atoms with van der Waals surface area (Å²) in [7, 11) is -3.56. The second-order valence-electron chi connectivity index (χ2n) is 5.69. The Balaban J connectivity index is 1.77. The predicted octanol–water partition coefficient (Wildman–Crippen LogP) is 3.63. The molecule has 0 amide bonds. The molecule has 1 aromatic carbocycles. The topological polar surface area (TPSA) is 62.3 Å². The number of anilines is 2. The van der Waals surface area contributed by atoms with Crippen molar-refractivity contribution in [3.8, 4) is 0 Å². The standard InChI is InChI=1S/C16H16F3N3O2S/c17-16(18,19)12-4-3-5-13(10-12)21-15-7-6-14(11-20-15)25(23,24)22-8-1-2-9-22/h3-7,10-11H,1-2,8-9H2,(H,20,21). The van der Waals surface area contributed by atoms with Crippen LogP contribution in [0, 0.1) is 0 Å². The van der Waals surface area contributed by atoms with E-state index in [0.717, 1.165) is 25.0 Å². The van der Waals surface area contributed by atoms with Crippen LogP contribution in [0.2, 0.25) is 0 Å². The number of nitrogens with zero attached hydrogens (tertiary/aromatic N) is 2. The highest BCUT2D eigenvalue weighted by Gasteiger charge is 2.30. The van der Waals surface area contributed by atoms with Crippen LogP contribution in [0.3, 0.4) is 0 Å². The lowest BCUT2D eigenvalue weighted by Crippen LogP contribution is -2.27. The zero-order valence-corrected chi connectivity index (χ0v) is 13.9. The Hall–Kier alpha value is -2.13. The van der Waals surface area contributed by atoms with Gasteiger partial charge in [0.05, 0.1) is 5.56 Å². The maximum atomic E-state index is 12.7. The Bertz CT molecular complexity index is 846. The quantitative estimate of drug-likeness (QED) is 0.892. The summed E-state index contributed by atoms with van der Waals surface area (Å²) >= 11 is 0. The molecule has 0 saturated carbocycles. The van der Waals surface area contributed by atoms with E-state index in [0.29, 0.717) is 13.1 Å². The molecular weight excluding hydrogens is 355 g/mol. The molecule has 134 valence electrons. The van der Waals surface area contributed by atoms with Crippen molar-refractivity contribution in [3.05, 3.63) is 48.2 Å². The van der Waals surface area contributed by atoms with Gasteiger partial charge < -0.3 is 5.32 Å². The number of benzene rings is 1. The van der Waals surface area contributed by atoms with Crippen molar-refractivity contribution < 1.29 is 21.6 Å². The molecule has 0 aliphatic carbocycles. The normalized spacial score (nSPS) is 16.1. The van der Waals surface area contributed by atoms with Crippen molar-refractivity contribution in [2.45, 2.75) is 23.9 Å². The molecule has 0 spiro atoms. The molecular formula is C16H16F3N3O2S. The van der Waals surface area contributed by atoms with E-state index in [2.05, 4.69) is 10.3 Å². The van der Waals surface area contributed by atoms with E-state index in [-0.39, 0.29) is 16.4 Å². The summed E-state index contributed by atoms with van der Waals surface area (Å²) in [6.45, 7) is 0.985. The number of hydrogen-bond donors (Lipinski definition) is 1. The van der Waals surface area contributed by atoms with Gasteiger partial charge >= 0.3 is 6.18 Å². The Labute approximate surface area is 143 Å². The van der Waals surface area contributed by atoms with Gasteiger partial charge in [-0.05, 0) is 43.2 Å². The first-order chi connectivity index (χ1) is 11.8. The van der Waals surface area contributed by atoms with E-state index in [1.807, 2.05) is 0 Å². The Morgan fingerprint density at radius 2 is 1.80 bits per heavy atom. The maximum absolute atomic E-state index is 12.7. The molecule has 2 heterocycles. The molecule has 3 rings (SSSR count). The summed E-state index contributed by atoms with van der Waals surface area (Å²) in [4.78, 5) is 4.08. The van der Waals surface area contributed by atoms with Gasteiger partial charge in [0.25, 0.3) is 0 Å². The van der Waals surface area contributed by atoms with E-state index in [4.69, 9.17) is 0 Å². The third-order valence-electron chi connectivity index (χ3n) is 3.90. The van der Waals surface area contributed by atoms with Crippen molar-refractivity contribution in [2.75, 3.05) is 18.4 Å². The first kappa shape index (κ1) is 17.7. The molecule has 0 unspecified atom stereocenters. The highest BCUT2D eigenvalue weighted by molar-refractivity contribution is 7.89. The fraction of sp³-hybridized carbons (Fsp3) is 0.312. The molecule has 5 nitrogen and oxygen atoms in total. The predicted molar refractivity (Wildman–Crippen MR) is 87.0 cm³/mol. The minimum absolute atomic E-state index is 0.0731. The lowest BCUT2D eigenvalue weighted by molar-refractivity contribution is -0.137. The first-order valence-electron chi connectivity index (χ1n) is 7.67. The van der Waals surface area contributed by atoms with Crippen LogP contribution in [0.1, 0.15) is 18.4 Å². The van der Waals surface area contributed by atoms with Gasteiger partial charge in [-0.3, -0.25) is 0 Å². The van der Waals surface area contributed by atoms with Crippen molar-refractivity contribution >= 4 is 21.5 Å². The number of sulfonamides is 1. The van der Waals surface area contributed by atoms with Gasteiger partial charge in [-0.15, -0.1) is 0 Å². The molecule has 1 aliphatic heterocycles. The fourth-order valence-electron chi connectivity index (χ4n) is 2.61. The minimum Gasteiger partial charge on any atom is -0.340 e. The van der Waals surface area contributed by atoms with E-state index in [1.165, 1.54) is 34.8 Å². The maximum Gasteiger partial charge on any atom is 0.416 e. The average Bonchev–Trinajstić information content (AvgIpc) is 3.10. The minimum atomic E-state index is -4.43. The van der Waals surface area contributed by atoms with Gasteiger partial charge in [0.15, 0.2) is 0 Å². The smallest absolute Gasteiger partial charge is 0.340 e. The molecule has 0 radical (unpaired) electrons. The summed E-state index contributed by atoms with van der Waals surface area (Å²) in [5, 5.41) is 2.75. The van der Waals surface area contributed by atoms with Gasteiger partial charge in [0, 0.05) is 25.0 Å². The van der Waals surface area contributed by atoms with Crippen LogP contribution < -0.4 is 5.32 Å². The monoisotopic (exact) mass is 371 g/mol. The Morgan fingerprint density at radius 3 is 2.40 bits per heavy atom. The zero-order valence-electron chi connectivity index (χ0n) is 13.1. The van der Waals surface area contributed by atoms with Crippen LogP contribution in [0.5, 0.6) is 0 Å². The number of aromatic nitrogens is 1. The SMILES string of the molecule is O=S(=O)(c1ccc(Nc2cccc(C(F)(F)F)c2)nc1)N1CCCC1. The highest BCUT2D eigenvalue weighted by Crippen LogP contribution is 2.31. The van der Waals surface area contributed by atoms with Crippen LogP contribution in [0.4, 0.5) is 24.7 Å². The molecule has 1 N–H and O–H groups in total. The fourth-order valence-corrected chi connectivity index (χ4v) is 4.07. The Morgan fingerprint density at radius 1 is 1.08 bits per heavy atom. The molecule has 1 fully saturated rings. The van der Waals surface area contributed by atoms with Gasteiger partial charge in [0.2, 0.25) is 10.0 Å². The first-order valence-corrected chi connectivity index (χ1v) is 9.11. The summed E-state index contributed by atoms with van der Waals surface area (Å²) < 4.78 is 64.4. The number of rotatable bonds is 4. The molecule has 9 heteroatoms. The average molecular weight is 371 g/mol. The zero-order chi connectivity index (χ0) is 18.1. The Kier molecular flexibility index (Phi) is 4.70. The second-order valence-corrected chi connectivity index (χ2v) is 7.63. The summed E-state index contributed by atoms with van der Waals surface area (Å²) in [6, 6.07) is 7.55. The van der Waals surface area contributed by atoms with Crippen molar-refractivity contribution in [1.29, 1.82) is 0 Å². The van der Waals surface area contributed by atoms with Crippen LogP contribution in [-0.4, -0.2) is 30.8 Å². The number of nitrogens with one attached hydrogen (secondary N) is 1. The van der Waals surface area contributed by atoms with E-state index in [1.54, 1.807) is 0 Å². The van der Waals surface area contributed by atoms with Gasteiger partial charge in [-0.2, -0.15) is 17.5 Å². The van der Waals surface area contributed by atoms with Crippen molar-refractivity contribution in [1.82, 2.24) is 9.29 Å². The second kappa shape index (κ2) is 6.64. The summed E-state index contributed by atoms with van der Waals surface area (Å²) in [6.07, 6.45) is -1.55. The molecule has 0 bridgehead atoms. The summed E-state index contributed by atoms with van der Waals surface area (Å²) in [5.74, 6) is 0.264. The third-order valence-corrected chi connectivity index (χ3v) is 5.78. The van der Waals surface area contributed by atoms with Crippen LogP contribution >= 0.6 is 0 Å². The highest BCUT2D eigenvalue weighted by atomic mass is 32.2. The number of alkyl halides is 3. The van der Waals surface area contributed by atoms with E-state index >= 15 is 0 Å². The van der Waals surface area contributed by atoms with Crippen molar-refractivity contribution in [2.24, 2.45) is 0 Å². The molecule has 1 aromatic heterocycles. The number of pyridine rings is 1.